The molecule has 0 bridgehead atoms. The number of halogens is 1. The van der Waals surface area contributed by atoms with E-state index in [1.165, 1.54) is 17.2 Å². The summed E-state index contributed by atoms with van der Waals surface area (Å²) in [5, 5.41) is 0. The number of rotatable bonds is 2. The summed E-state index contributed by atoms with van der Waals surface area (Å²) in [6.07, 6.45) is 0. The van der Waals surface area contributed by atoms with E-state index in [2.05, 4.69) is 6.92 Å². The minimum absolute atomic E-state index is 0.211. The summed E-state index contributed by atoms with van der Waals surface area (Å²) in [6.45, 7) is 5.82. The summed E-state index contributed by atoms with van der Waals surface area (Å²) in [7, 11) is 0. The van der Waals surface area contributed by atoms with Crippen LogP contribution in [-0.2, 0) is 0 Å². The van der Waals surface area contributed by atoms with Gasteiger partial charge >= 0.3 is 0 Å². The maximum atomic E-state index is 13.1. The van der Waals surface area contributed by atoms with Gasteiger partial charge in [0, 0.05) is 0 Å². The molecule has 0 saturated carbocycles. The first-order chi connectivity index (χ1) is 8.06. The molecule has 0 unspecified atom stereocenters. The number of ether oxygens (including phenoxy) is 1. The number of hydrogen-bond donors (Lipinski definition) is 0. The molecule has 0 amide bonds. The molecule has 0 saturated heterocycles. The molecule has 2 aromatic carbocycles. The van der Waals surface area contributed by atoms with Crippen LogP contribution < -0.4 is 4.74 Å². The van der Waals surface area contributed by atoms with Crippen molar-refractivity contribution in [3.8, 4) is 11.5 Å². The van der Waals surface area contributed by atoms with Crippen LogP contribution in [0.3, 0.4) is 0 Å². The fourth-order valence-electron chi connectivity index (χ4n) is 1.59. The van der Waals surface area contributed by atoms with Crippen molar-refractivity contribution in [2.45, 2.75) is 20.8 Å². The van der Waals surface area contributed by atoms with Crippen LogP contribution >= 0.6 is 0 Å². The van der Waals surface area contributed by atoms with Crippen LogP contribution in [0.2, 0.25) is 0 Å². The van der Waals surface area contributed by atoms with Crippen molar-refractivity contribution >= 4 is 0 Å². The van der Waals surface area contributed by atoms with Crippen molar-refractivity contribution in [3.63, 3.8) is 0 Å². The van der Waals surface area contributed by atoms with Crippen LogP contribution in [0, 0.1) is 26.6 Å². The smallest absolute Gasteiger partial charge is 0.127 e. The predicted molar refractivity (Wildman–Crippen MR) is 67.1 cm³/mol. The Balaban J connectivity index is 2.25. The molecule has 0 aliphatic rings. The molecule has 0 aliphatic heterocycles. The molecule has 0 radical (unpaired) electrons. The van der Waals surface area contributed by atoms with E-state index in [1.54, 1.807) is 19.1 Å². The Hall–Kier alpha value is -1.83. The molecule has 2 heteroatoms. The second-order valence-electron chi connectivity index (χ2n) is 4.26. The fraction of sp³-hybridized carbons (Fsp3) is 0.200. The van der Waals surface area contributed by atoms with Gasteiger partial charge in [0.1, 0.15) is 17.3 Å². The van der Waals surface area contributed by atoms with Crippen molar-refractivity contribution in [2.75, 3.05) is 0 Å². The van der Waals surface area contributed by atoms with Gasteiger partial charge in [-0.15, -0.1) is 0 Å². The molecule has 0 N–H and O–H groups in total. The van der Waals surface area contributed by atoms with Crippen LogP contribution in [-0.4, -0.2) is 0 Å². The zero-order valence-corrected chi connectivity index (χ0v) is 10.3. The summed E-state index contributed by atoms with van der Waals surface area (Å²) in [6, 6.07) is 10.7. The Bertz CT molecular complexity index is 497. The lowest BCUT2D eigenvalue weighted by molar-refractivity contribution is 0.479. The Labute approximate surface area is 101 Å². The van der Waals surface area contributed by atoms with Crippen molar-refractivity contribution in [3.05, 3.63) is 58.9 Å². The fourth-order valence-corrected chi connectivity index (χ4v) is 1.59. The van der Waals surface area contributed by atoms with E-state index in [0.717, 1.165) is 5.75 Å². The van der Waals surface area contributed by atoms with Crippen LogP contribution in [0.1, 0.15) is 16.7 Å². The van der Waals surface area contributed by atoms with Gasteiger partial charge < -0.3 is 4.74 Å². The normalized spacial score (nSPS) is 10.4. The lowest BCUT2D eigenvalue weighted by Crippen LogP contribution is -1.89. The molecule has 1 nitrogen and oxygen atoms in total. The van der Waals surface area contributed by atoms with Crippen molar-refractivity contribution in [1.82, 2.24) is 0 Å². The van der Waals surface area contributed by atoms with Crippen LogP contribution in [0.5, 0.6) is 11.5 Å². The Kier molecular flexibility index (Phi) is 3.14. The van der Waals surface area contributed by atoms with Crippen LogP contribution in [0.25, 0.3) is 0 Å². The average Bonchev–Trinajstić information content (AvgIpc) is 2.29. The zero-order chi connectivity index (χ0) is 12.4. The first kappa shape index (κ1) is 11.6. The summed E-state index contributed by atoms with van der Waals surface area (Å²) in [5.74, 6) is 1.23. The Morgan fingerprint density at radius 2 is 1.35 bits per heavy atom. The molecule has 0 aliphatic carbocycles. The molecule has 0 aromatic heterocycles. The molecule has 0 heterocycles. The van der Waals surface area contributed by atoms with E-state index in [1.807, 2.05) is 25.1 Å². The molecular formula is C15H15FO. The molecule has 0 spiro atoms. The minimum Gasteiger partial charge on any atom is -0.457 e. The third kappa shape index (κ3) is 2.64. The van der Waals surface area contributed by atoms with Gasteiger partial charge in [-0.1, -0.05) is 6.07 Å². The van der Waals surface area contributed by atoms with Gasteiger partial charge in [0.05, 0.1) is 0 Å². The highest BCUT2D eigenvalue weighted by atomic mass is 19.1. The third-order valence-electron chi connectivity index (χ3n) is 2.84. The Morgan fingerprint density at radius 3 is 1.94 bits per heavy atom. The van der Waals surface area contributed by atoms with Crippen LogP contribution in [0.15, 0.2) is 36.4 Å². The predicted octanol–water partition coefficient (Wildman–Crippen LogP) is 4.54. The van der Waals surface area contributed by atoms with Gasteiger partial charge in [0.25, 0.3) is 0 Å². The highest BCUT2D eigenvalue weighted by Gasteiger charge is 2.02. The van der Waals surface area contributed by atoms with Gasteiger partial charge in [-0.25, -0.2) is 4.39 Å². The standard InChI is InChI=1S/C15H15FO/c1-10-4-5-13(8-11(10)2)17-14-6-7-15(16)12(3)9-14/h4-9H,1-3H3. The van der Waals surface area contributed by atoms with Gasteiger partial charge in [0.15, 0.2) is 0 Å². The van der Waals surface area contributed by atoms with Gasteiger partial charge in [-0.3, -0.25) is 0 Å². The Morgan fingerprint density at radius 1 is 0.765 bits per heavy atom. The summed E-state index contributed by atoms with van der Waals surface area (Å²) in [4.78, 5) is 0. The van der Waals surface area contributed by atoms with Gasteiger partial charge in [-0.05, 0) is 67.8 Å². The number of aryl methyl sites for hydroxylation is 3. The van der Waals surface area contributed by atoms with E-state index in [-0.39, 0.29) is 5.82 Å². The third-order valence-corrected chi connectivity index (χ3v) is 2.84. The lowest BCUT2D eigenvalue weighted by Gasteiger charge is -2.08. The highest BCUT2D eigenvalue weighted by Crippen LogP contribution is 2.25. The first-order valence-electron chi connectivity index (χ1n) is 5.57. The lowest BCUT2D eigenvalue weighted by atomic mass is 10.1. The zero-order valence-electron chi connectivity index (χ0n) is 10.3. The first-order valence-corrected chi connectivity index (χ1v) is 5.57. The quantitative estimate of drug-likeness (QED) is 0.735. The van der Waals surface area contributed by atoms with E-state index < -0.39 is 0 Å². The summed E-state index contributed by atoms with van der Waals surface area (Å²) < 4.78 is 18.8. The van der Waals surface area contributed by atoms with E-state index in [4.69, 9.17) is 4.74 Å². The number of hydrogen-bond acceptors (Lipinski definition) is 1. The second kappa shape index (κ2) is 4.58. The largest absolute Gasteiger partial charge is 0.457 e. The van der Waals surface area contributed by atoms with Crippen molar-refractivity contribution in [2.24, 2.45) is 0 Å². The second-order valence-corrected chi connectivity index (χ2v) is 4.26. The summed E-state index contributed by atoms with van der Waals surface area (Å²) >= 11 is 0. The maximum absolute atomic E-state index is 13.1. The molecule has 2 aromatic rings. The monoisotopic (exact) mass is 230 g/mol. The molecule has 0 atom stereocenters. The van der Waals surface area contributed by atoms with Crippen molar-refractivity contribution in [1.29, 1.82) is 0 Å². The van der Waals surface area contributed by atoms with Gasteiger partial charge in [-0.2, -0.15) is 0 Å². The van der Waals surface area contributed by atoms with E-state index in [9.17, 15) is 4.39 Å². The van der Waals surface area contributed by atoms with E-state index >= 15 is 0 Å². The summed E-state index contributed by atoms with van der Waals surface area (Å²) in [5.41, 5.74) is 3.00. The average molecular weight is 230 g/mol. The van der Waals surface area contributed by atoms with Crippen LogP contribution in [0.4, 0.5) is 4.39 Å². The van der Waals surface area contributed by atoms with E-state index in [0.29, 0.717) is 11.3 Å². The molecule has 88 valence electrons. The maximum Gasteiger partial charge on any atom is 0.127 e. The van der Waals surface area contributed by atoms with Gasteiger partial charge in [0.2, 0.25) is 0 Å². The number of benzene rings is 2. The topological polar surface area (TPSA) is 9.23 Å². The SMILES string of the molecule is Cc1ccc(Oc2ccc(F)c(C)c2)cc1C. The molecule has 17 heavy (non-hydrogen) atoms. The molecular weight excluding hydrogens is 215 g/mol. The van der Waals surface area contributed by atoms with Crippen molar-refractivity contribution < 1.29 is 9.13 Å². The molecule has 0 fully saturated rings. The minimum atomic E-state index is -0.211. The molecule has 2 rings (SSSR count). The highest BCUT2D eigenvalue weighted by molar-refractivity contribution is 5.38.